The molecule has 0 radical (unpaired) electrons. The van der Waals surface area contributed by atoms with E-state index in [9.17, 15) is 4.79 Å². The minimum absolute atomic E-state index is 0.0932. The van der Waals surface area contributed by atoms with Crippen LogP contribution < -0.4 is 16.2 Å². The molecular formula is C19H23N5O. The summed E-state index contributed by atoms with van der Waals surface area (Å²) >= 11 is 0. The van der Waals surface area contributed by atoms with E-state index in [-0.39, 0.29) is 5.56 Å². The maximum atomic E-state index is 12.6. The third-order valence-corrected chi connectivity index (χ3v) is 4.85. The van der Waals surface area contributed by atoms with Gasteiger partial charge in [0.15, 0.2) is 6.17 Å². The normalized spacial score (nSPS) is 20.4. The van der Waals surface area contributed by atoms with Gasteiger partial charge in [-0.3, -0.25) is 14.7 Å². The number of hydrogen-bond acceptors (Lipinski definition) is 5. The fourth-order valence-corrected chi connectivity index (χ4v) is 3.61. The van der Waals surface area contributed by atoms with E-state index in [4.69, 9.17) is 4.99 Å². The van der Waals surface area contributed by atoms with Crippen LogP contribution in [-0.2, 0) is 0 Å². The van der Waals surface area contributed by atoms with Gasteiger partial charge in [-0.15, -0.1) is 0 Å². The summed E-state index contributed by atoms with van der Waals surface area (Å²) in [6, 6.07) is 11.9. The van der Waals surface area contributed by atoms with Crippen molar-refractivity contribution >= 4 is 11.9 Å². The molecule has 25 heavy (non-hydrogen) atoms. The zero-order valence-electron chi connectivity index (χ0n) is 14.4. The Bertz CT molecular complexity index is 837. The van der Waals surface area contributed by atoms with E-state index in [1.165, 1.54) is 19.3 Å². The summed E-state index contributed by atoms with van der Waals surface area (Å²) in [6.07, 6.45) is 5.73. The van der Waals surface area contributed by atoms with Gasteiger partial charge in [0.2, 0.25) is 11.9 Å². The Morgan fingerprint density at radius 1 is 1.16 bits per heavy atom. The van der Waals surface area contributed by atoms with Crippen LogP contribution in [0, 0.1) is 6.92 Å². The molecule has 1 aliphatic heterocycles. The average molecular weight is 337 g/mol. The Kier molecular flexibility index (Phi) is 4.26. The highest BCUT2D eigenvalue weighted by Crippen LogP contribution is 2.25. The first-order chi connectivity index (χ1) is 12.2. The Morgan fingerprint density at radius 2 is 1.92 bits per heavy atom. The smallest absolute Gasteiger partial charge is 0.257 e. The molecule has 0 bridgehead atoms. The Hall–Kier alpha value is -2.63. The van der Waals surface area contributed by atoms with Crippen LogP contribution >= 0.6 is 0 Å². The van der Waals surface area contributed by atoms with Crippen LogP contribution in [0.3, 0.4) is 0 Å². The van der Waals surface area contributed by atoms with Gasteiger partial charge in [0.05, 0.1) is 0 Å². The monoisotopic (exact) mass is 337 g/mol. The highest BCUT2D eigenvalue weighted by Gasteiger charge is 2.26. The largest absolute Gasteiger partial charge is 0.353 e. The summed E-state index contributed by atoms with van der Waals surface area (Å²) in [5, 5.41) is 6.74. The second-order valence-electron chi connectivity index (χ2n) is 6.80. The molecule has 2 N–H and O–H groups in total. The molecule has 2 aliphatic rings. The second kappa shape index (κ2) is 6.70. The highest BCUT2D eigenvalue weighted by atomic mass is 16.1. The summed E-state index contributed by atoms with van der Waals surface area (Å²) in [7, 11) is 0. The number of guanidine groups is 1. The number of rotatable bonds is 2. The zero-order chi connectivity index (χ0) is 17.2. The molecule has 2 aromatic rings. The van der Waals surface area contributed by atoms with Gasteiger partial charge in [0.25, 0.3) is 5.56 Å². The van der Waals surface area contributed by atoms with E-state index in [2.05, 4.69) is 15.6 Å². The van der Waals surface area contributed by atoms with Crippen molar-refractivity contribution < 1.29 is 0 Å². The standard InChI is InChI=1S/C19H23N5O/c1-13-12-16(25)24-17(14-8-4-2-5-9-14)22-18(23-19(24)20-13)21-15-10-6-3-7-11-15/h2,4-5,8-9,12,15,17H,3,6-7,10-11H2,1H3,(H2,20,21,22,23). The molecule has 6 heteroatoms. The van der Waals surface area contributed by atoms with Crippen molar-refractivity contribution in [3.05, 3.63) is 58.0 Å². The first kappa shape index (κ1) is 15.9. The van der Waals surface area contributed by atoms with Crippen LogP contribution in [0.2, 0.25) is 0 Å². The van der Waals surface area contributed by atoms with E-state index in [0.29, 0.717) is 23.6 Å². The number of aromatic nitrogens is 2. The fourth-order valence-electron chi connectivity index (χ4n) is 3.61. The Morgan fingerprint density at radius 3 is 2.68 bits per heavy atom. The highest BCUT2D eigenvalue weighted by molar-refractivity contribution is 5.93. The third-order valence-electron chi connectivity index (χ3n) is 4.85. The van der Waals surface area contributed by atoms with Crippen molar-refractivity contribution in [3.8, 4) is 0 Å². The summed E-state index contributed by atoms with van der Waals surface area (Å²) in [4.78, 5) is 21.9. The van der Waals surface area contributed by atoms with E-state index in [1.807, 2.05) is 37.3 Å². The molecule has 0 spiro atoms. The molecule has 0 amide bonds. The number of nitrogens with zero attached hydrogens (tertiary/aromatic N) is 3. The third kappa shape index (κ3) is 3.29. The van der Waals surface area contributed by atoms with Crippen molar-refractivity contribution in [2.75, 3.05) is 5.32 Å². The molecule has 1 saturated carbocycles. The predicted molar refractivity (Wildman–Crippen MR) is 98.9 cm³/mol. The van der Waals surface area contributed by atoms with Gasteiger partial charge < -0.3 is 5.32 Å². The predicted octanol–water partition coefficient (Wildman–Crippen LogP) is 2.80. The lowest BCUT2D eigenvalue weighted by molar-refractivity contribution is 0.410. The molecule has 0 saturated heterocycles. The van der Waals surface area contributed by atoms with Crippen molar-refractivity contribution in [1.82, 2.24) is 14.9 Å². The number of benzene rings is 1. The average Bonchev–Trinajstić information content (AvgIpc) is 2.62. The first-order valence-corrected chi connectivity index (χ1v) is 8.97. The van der Waals surface area contributed by atoms with Crippen molar-refractivity contribution in [2.45, 2.75) is 51.2 Å². The Balaban J connectivity index is 1.72. The maximum absolute atomic E-state index is 12.6. The lowest BCUT2D eigenvalue weighted by atomic mass is 9.96. The van der Waals surface area contributed by atoms with Crippen molar-refractivity contribution in [2.24, 2.45) is 4.99 Å². The molecule has 2 heterocycles. The van der Waals surface area contributed by atoms with E-state index in [0.717, 1.165) is 18.4 Å². The lowest BCUT2D eigenvalue weighted by Crippen LogP contribution is -2.45. The SMILES string of the molecule is Cc1cc(=O)n2c(n1)NC(NC1CCCCC1)=NC2c1ccccc1. The number of nitrogens with one attached hydrogen (secondary N) is 2. The minimum atomic E-state index is -0.399. The minimum Gasteiger partial charge on any atom is -0.353 e. The van der Waals surface area contributed by atoms with Gasteiger partial charge in [0.1, 0.15) is 0 Å². The lowest BCUT2D eigenvalue weighted by Gasteiger charge is -2.30. The van der Waals surface area contributed by atoms with Crippen LogP contribution in [0.25, 0.3) is 0 Å². The van der Waals surface area contributed by atoms with E-state index < -0.39 is 6.17 Å². The number of fused-ring (bicyclic) bond motifs is 1. The Labute approximate surface area is 147 Å². The first-order valence-electron chi connectivity index (χ1n) is 8.97. The van der Waals surface area contributed by atoms with Gasteiger partial charge in [-0.2, -0.15) is 0 Å². The van der Waals surface area contributed by atoms with Crippen LogP contribution in [0.1, 0.15) is 49.5 Å². The van der Waals surface area contributed by atoms with Gasteiger partial charge in [0, 0.05) is 17.8 Å². The van der Waals surface area contributed by atoms with Gasteiger partial charge in [-0.05, 0) is 25.3 Å². The molecule has 1 unspecified atom stereocenters. The molecular weight excluding hydrogens is 314 g/mol. The second-order valence-corrected chi connectivity index (χ2v) is 6.80. The van der Waals surface area contributed by atoms with Crippen LogP contribution in [0.5, 0.6) is 0 Å². The number of hydrogen-bond donors (Lipinski definition) is 2. The maximum Gasteiger partial charge on any atom is 0.257 e. The molecule has 1 atom stereocenters. The quantitative estimate of drug-likeness (QED) is 0.884. The molecule has 4 rings (SSSR count). The zero-order valence-corrected chi connectivity index (χ0v) is 14.4. The van der Waals surface area contributed by atoms with Crippen LogP contribution in [-0.4, -0.2) is 21.6 Å². The topological polar surface area (TPSA) is 71.3 Å². The van der Waals surface area contributed by atoms with Crippen molar-refractivity contribution in [1.29, 1.82) is 0 Å². The summed E-state index contributed by atoms with van der Waals surface area (Å²) in [5.41, 5.74) is 1.58. The van der Waals surface area contributed by atoms with Gasteiger partial charge in [-0.25, -0.2) is 9.98 Å². The van der Waals surface area contributed by atoms with E-state index in [1.54, 1.807) is 10.6 Å². The summed E-state index contributed by atoms with van der Waals surface area (Å²) < 4.78 is 1.62. The van der Waals surface area contributed by atoms with Crippen LogP contribution in [0.4, 0.5) is 5.95 Å². The summed E-state index contributed by atoms with van der Waals surface area (Å²) in [6.45, 7) is 1.83. The number of aryl methyl sites for hydroxylation is 1. The van der Waals surface area contributed by atoms with Gasteiger partial charge in [-0.1, -0.05) is 49.6 Å². The molecule has 1 aromatic heterocycles. The fraction of sp³-hybridized carbons (Fsp3) is 0.421. The van der Waals surface area contributed by atoms with Crippen LogP contribution in [0.15, 0.2) is 46.2 Å². The molecule has 6 nitrogen and oxygen atoms in total. The molecule has 1 aromatic carbocycles. The number of aliphatic imine (C=N–C) groups is 1. The van der Waals surface area contributed by atoms with E-state index >= 15 is 0 Å². The molecule has 1 aliphatic carbocycles. The number of anilines is 1. The van der Waals surface area contributed by atoms with Gasteiger partial charge >= 0.3 is 0 Å². The van der Waals surface area contributed by atoms with Crippen molar-refractivity contribution in [3.63, 3.8) is 0 Å². The molecule has 130 valence electrons. The molecule has 1 fully saturated rings. The summed E-state index contributed by atoms with van der Waals surface area (Å²) in [5.74, 6) is 1.26.